The van der Waals surface area contributed by atoms with Gasteiger partial charge >= 0.3 is 0 Å². The number of hydrogen-bond donors (Lipinski definition) is 2. The highest BCUT2D eigenvalue weighted by atomic mass is 35.5. The summed E-state index contributed by atoms with van der Waals surface area (Å²) in [6, 6.07) is 4.72. The van der Waals surface area contributed by atoms with E-state index < -0.39 is 29.6 Å². The zero-order chi connectivity index (χ0) is 26.6. The summed E-state index contributed by atoms with van der Waals surface area (Å²) in [5, 5.41) is 6.83. The first kappa shape index (κ1) is 25.9. The van der Waals surface area contributed by atoms with Crippen molar-refractivity contribution in [2.45, 2.75) is 101 Å². The summed E-state index contributed by atoms with van der Waals surface area (Å²) >= 11 is 6.29. The van der Waals surface area contributed by atoms with Gasteiger partial charge in [0, 0.05) is 22.8 Å². The molecule has 204 valence electrons. The second-order valence-electron chi connectivity index (χ2n) is 12.1. The van der Waals surface area contributed by atoms with Crippen molar-refractivity contribution < 1.29 is 19.1 Å². The van der Waals surface area contributed by atoms with Gasteiger partial charge in [0.1, 0.15) is 11.6 Å². The molecule has 3 amide bonds. The van der Waals surface area contributed by atoms with Crippen LogP contribution in [0.1, 0.15) is 70.3 Å². The summed E-state index contributed by atoms with van der Waals surface area (Å²) in [6.45, 7) is 4.08. The van der Waals surface area contributed by atoms with Gasteiger partial charge in [0.2, 0.25) is 17.7 Å². The maximum absolute atomic E-state index is 14.3. The molecule has 3 aliphatic heterocycles. The van der Waals surface area contributed by atoms with Crippen molar-refractivity contribution >= 4 is 35.0 Å². The van der Waals surface area contributed by atoms with Crippen LogP contribution < -0.4 is 10.6 Å². The third-order valence-electron chi connectivity index (χ3n) is 9.68. The summed E-state index contributed by atoms with van der Waals surface area (Å²) in [7, 11) is 0. The monoisotopic (exact) mass is 539 g/mol. The molecule has 1 aromatic carbocycles. The van der Waals surface area contributed by atoms with Crippen molar-refractivity contribution in [1.82, 2.24) is 10.2 Å². The lowest BCUT2D eigenvalue weighted by molar-refractivity contribution is -0.146. The van der Waals surface area contributed by atoms with Crippen molar-refractivity contribution in [3.8, 4) is 0 Å². The first-order valence-corrected chi connectivity index (χ1v) is 14.7. The molecule has 7 atom stereocenters. The summed E-state index contributed by atoms with van der Waals surface area (Å²) in [4.78, 5) is 43.9. The molecule has 2 saturated heterocycles. The highest BCUT2D eigenvalue weighted by Crippen LogP contribution is 2.56. The van der Waals surface area contributed by atoms with Crippen LogP contribution in [-0.4, -0.2) is 52.5 Å². The minimum absolute atomic E-state index is 0.0333. The number of nitrogens with one attached hydrogen (secondary N) is 2. The smallest absolute Gasteiger partial charge is 0.246 e. The Kier molecular flexibility index (Phi) is 6.79. The molecule has 7 nitrogen and oxygen atoms in total. The Hall–Kier alpha value is -2.38. The molecule has 8 heteroatoms. The number of carbonyl (C=O) groups excluding carboxylic acids is 3. The van der Waals surface area contributed by atoms with Crippen LogP contribution in [0, 0.1) is 24.7 Å². The number of aryl methyl sites for hydroxylation is 1. The third kappa shape index (κ3) is 4.17. The molecule has 5 aliphatic rings. The van der Waals surface area contributed by atoms with E-state index in [1.807, 2.05) is 36.1 Å². The van der Waals surface area contributed by atoms with E-state index in [0.29, 0.717) is 10.7 Å². The molecule has 4 fully saturated rings. The van der Waals surface area contributed by atoms with E-state index >= 15 is 0 Å². The molecular formula is C30H38ClN3O4. The van der Waals surface area contributed by atoms with Gasteiger partial charge in [0.15, 0.2) is 0 Å². The first-order chi connectivity index (χ1) is 18.3. The average Bonchev–Trinajstić information content (AvgIpc) is 3.54. The molecule has 2 bridgehead atoms. The highest BCUT2D eigenvalue weighted by molar-refractivity contribution is 6.31. The Labute approximate surface area is 229 Å². The molecule has 2 aliphatic carbocycles. The maximum atomic E-state index is 14.3. The summed E-state index contributed by atoms with van der Waals surface area (Å²) in [5.74, 6) is -1.68. The Morgan fingerprint density at radius 1 is 1.05 bits per heavy atom. The Morgan fingerprint density at radius 2 is 1.79 bits per heavy atom. The predicted octanol–water partition coefficient (Wildman–Crippen LogP) is 4.77. The fraction of sp³-hybridized carbons (Fsp3) is 0.633. The van der Waals surface area contributed by atoms with Gasteiger partial charge in [0.05, 0.1) is 17.9 Å². The third-order valence-corrected chi connectivity index (χ3v) is 10.1. The van der Waals surface area contributed by atoms with Gasteiger partial charge in [-0.2, -0.15) is 0 Å². The number of anilines is 1. The Balaban J connectivity index is 1.33. The number of benzene rings is 1. The van der Waals surface area contributed by atoms with Crippen LogP contribution in [0.4, 0.5) is 5.69 Å². The Bertz CT molecular complexity index is 1160. The molecule has 1 aromatic rings. The van der Waals surface area contributed by atoms with E-state index in [4.69, 9.17) is 16.3 Å². The van der Waals surface area contributed by atoms with Crippen LogP contribution in [-0.2, 0) is 19.1 Å². The van der Waals surface area contributed by atoms with Crippen LogP contribution in [0.2, 0.25) is 5.02 Å². The molecule has 6 rings (SSSR count). The molecule has 3 heterocycles. The first-order valence-electron chi connectivity index (χ1n) is 14.4. The summed E-state index contributed by atoms with van der Waals surface area (Å²) < 4.78 is 6.53. The topological polar surface area (TPSA) is 87.7 Å². The molecule has 0 radical (unpaired) electrons. The molecule has 0 unspecified atom stereocenters. The molecule has 2 saturated carbocycles. The number of carbonyl (C=O) groups is 3. The van der Waals surface area contributed by atoms with Gasteiger partial charge in [0.25, 0.3) is 0 Å². The van der Waals surface area contributed by atoms with E-state index in [9.17, 15) is 14.4 Å². The quantitative estimate of drug-likeness (QED) is 0.528. The molecule has 0 aromatic heterocycles. The van der Waals surface area contributed by atoms with Gasteiger partial charge in [-0.3, -0.25) is 14.4 Å². The number of likely N-dealkylation sites (tertiary alicyclic amines) is 1. The largest absolute Gasteiger partial charge is 0.359 e. The van der Waals surface area contributed by atoms with E-state index in [2.05, 4.69) is 17.6 Å². The van der Waals surface area contributed by atoms with Crippen molar-refractivity contribution in [3.05, 3.63) is 40.9 Å². The highest BCUT2D eigenvalue weighted by Gasteiger charge is 2.73. The van der Waals surface area contributed by atoms with Gasteiger partial charge in [-0.25, -0.2) is 0 Å². The number of hydrogen-bond acceptors (Lipinski definition) is 4. The number of fused-ring (bicyclic) bond motifs is 1. The number of nitrogens with zero attached hydrogens (tertiary/aromatic N) is 1. The van der Waals surface area contributed by atoms with E-state index in [-0.39, 0.29) is 35.7 Å². The van der Waals surface area contributed by atoms with Gasteiger partial charge in [-0.15, -0.1) is 0 Å². The van der Waals surface area contributed by atoms with Crippen LogP contribution >= 0.6 is 11.6 Å². The Morgan fingerprint density at radius 3 is 2.53 bits per heavy atom. The number of rotatable bonds is 5. The van der Waals surface area contributed by atoms with Crippen molar-refractivity contribution in [2.75, 3.05) is 5.32 Å². The lowest BCUT2D eigenvalue weighted by Gasteiger charge is -2.42. The van der Waals surface area contributed by atoms with Gasteiger partial charge in [-0.1, -0.05) is 68.8 Å². The summed E-state index contributed by atoms with van der Waals surface area (Å²) in [6.07, 6.45) is 12.7. The molecule has 38 heavy (non-hydrogen) atoms. The van der Waals surface area contributed by atoms with Crippen molar-refractivity contribution in [3.63, 3.8) is 0 Å². The molecular weight excluding hydrogens is 502 g/mol. The lowest BCUT2D eigenvalue weighted by Crippen LogP contribution is -2.59. The van der Waals surface area contributed by atoms with E-state index in [1.54, 1.807) is 6.07 Å². The van der Waals surface area contributed by atoms with Crippen LogP contribution in [0.3, 0.4) is 0 Å². The average molecular weight is 540 g/mol. The number of ether oxygens (including phenoxy) is 1. The minimum atomic E-state index is -1.12. The SMILES string of the molecule is Cc1ccc(NC(=O)[C@@H]2[C@@H]3C=C[C@]4(O3)[C@@H]2C(=O)N([C@H]2CCCC[C@@H]2C)[C@H]4C(=O)NC2CCCCC2)cc1Cl. The normalized spacial score (nSPS) is 36.4. The van der Waals surface area contributed by atoms with Crippen molar-refractivity contribution in [2.24, 2.45) is 17.8 Å². The molecule has 2 N–H and O–H groups in total. The van der Waals surface area contributed by atoms with Gasteiger partial charge < -0.3 is 20.3 Å². The molecule has 1 spiro atoms. The van der Waals surface area contributed by atoms with Crippen LogP contribution in [0.15, 0.2) is 30.4 Å². The predicted molar refractivity (Wildman–Crippen MR) is 146 cm³/mol. The maximum Gasteiger partial charge on any atom is 0.246 e. The minimum Gasteiger partial charge on any atom is -0.359 e. The summed E-state index contributed by atoms with van der Waals surface area (Å²) in [5.41, 5.74) is 0.385. The number of halogens is 1. The zero-order valence-corrected chi connectivity index (χ0v) is 23.0. The van der Waals surface area contributed by atoms with Crippen LogP contribution in [0.25, 0.3) is 0 Å². The van der Waals surface area contributed by atoms with Crippen molar-refractivity contribution in [1.29, 1.82) is 0 Å². The zero-order valence-electron chi connectivity index (χ0n) is 22.3. The second kappa shape index (κ2) is 9.98. The lowest BCUT2D eigenvalue weighted by atomic mass is 9.74. The number of amides is 3. The van der Waals surface area contributed by atoms with E-state index in [1.165, 1.54) is 6.42 Å². The fourth-order valence-corrected chi connectivity index (χ4v) is 7.88. The van der Waals surface area contributed by atoms with E-state index in [0.717, 1.165) is 56.9 Å². The van der Waals surface area contributed by atoms with Gasteiger partial charge in [-0.05, 0) is 56.2 Å². The van der Waals surface area contributed by atoms with Crippen LogP contribution in [0.5, 0.6) is 0 Å². The standard InChI is InChI=1S/C30H38ClN3O4/c1-17-12-13-20(16-21(17)31)33-27(35)24-23-14-15-30(38-23)25(24)29(37)34(22-11-7-6-8-18(22)2)26(30)28(36)32-19-9-4-3-5-10-19/h12-16,18-19,22-26H,3-11H2,1-2H3,(H,32,36)(H,33,35)/t18-,22-,23-,24+,25-,26-,30-/m0/s1. The second-order valence-corrected chi connectivity index (χ2v) is 12.5. The fourth-order valence-electron chi connectivity index (χ4n) is 7.70.